The van der Waals surface area contributed by atoms with E-state index in [1.54, 1.807) is 0 Å². The lowest BCUT2D eigenvalue weighted by molar-refractivity contribution is -0.153. The number of ether oxygens (including phenoxy) is 1. The first-order chi connectivity index (χ1) is 14.5. The van der Waals surface area contributed by atoms with Crippen molar-refractivity contribution in [2.24, 2.45) is 5.92 Å². The minimum absolute atomic E-state index is 0.00422. The highest BCUT2D eigenvalue weighted by atomic mass is 32.2. The van der Waals surface area contributed by atoms with Gasteiger partial charge in [-0.25, -0.2) is 12.8 Å². The first-order valence-corrected chi connectivity index (χ1v) is 10.8. The van der Waals surface area contributed by atoms with Crippen LogP contribution in [0.1, 0.15) is 12.8 Å². The summed E-state index contributed by atoms with van der Waals surface area (Å²) in [4.78, 5) is 12.5. The molecule has 0 spiro atoms. The van der Waals surface area contributed by atoms with Crippen molar-refractivity contribution in [3.8, 4) is 5.75 Å². The van der Waals surface area contributed by atoms with Gasteiger partial charge < -0.3 is 10.1 Å². The Bertz CT molecular complexity index is 1010. The van der Waals surface area contributed by atoms with Crippen LogP contribution in [0.4, 0.5) is 23.2 Å². The largest absolute Gasteiger partial charge is 0.484 e. The maximum atomic E-state index is 13.1. The van der Waals surface area contributed by atoms with Gasteiger partial charge >= 0.3 is 6.18 Å². The zero-order valence-corrected chi connectivity index (χ0v) is 17.0. The van der Waals surface area contributed by atoms with Crippen LogP contribution in [-0.4, -0.2) is 44.5 Å². The summed E-state index contributed by atoms with van der Waals surface area (Å²) in [5.74, 6) is -1.55. The Balaban J connectivity index is 1.61. The summed E-state index contributed by atoms with van der Waals surface area (Å²) in [6, 6.07) is 9.87. The van der Waals surface area contributed by atoms with Crippen LogP contribution in [0.15, 0.2) is 53.4 Å². The molecule has 1 heterocycles. The SMILES string of the molecule is O=C(Nc1ccc(OCC(F)(F)F)cc1)C1CCCN(S(=O)(=O)c2ccc(F)cc2)C1. The number of hydrogen-bond donors (Lipinski definition) is 1. The molecule has 1 atom stereocenters. The average Bonchev–Trinajstić information content (AvgIpc) is 2.73. The fourth-order valence-corrected chi connectivity index (χ4v) is 4.70. The van der Waals surface area contributed by atoms with Gasteiger partial charge in [-0.15, -0.1) is 0 Å². The van der Waals surface area contributed by atoms with Crippen LogP contribution < -0.4 is 10.1 Å². The van der Waals surface area contributed by atoms with E-state index < -0.39 is 40.4 Å². The quantitative estimate of drug-likeness (QED) is 0.666. The molecule has 31 heavy (non-hydrogen) atoms. The fraction of sp³-hybridized carbons (Fsp3) is 0.350. The van der Waals surface area contributed by atoms with Crippen LogP contribution in [0, 0.1) is 11.7 Å². The number of halogens is 4. The fourth-order valence-electron chi connectivity index (χ4n) is 3.17. The van der Waals surface area contributed by atoms with E-state index in [9.17, 15) is 30.8 Å². The summed E-state index contributed by atoms with van der Waals surface area (Å²) in [5.41, 5.74) is 0.350. The molecule has 1 unspecified atom stereocenters. The summed E-state index contributed by atoms with van der Waals surface area (Å²) < 4.78 is 81.0. The lowest BCUT2D eigenvalue weighted by Crippen LogP contribution is -2.43. The molecule has 1 amide bonds. The molecule has 0 aliphatic carbocycles. The Morgan fingerprint density at radius 2 is 1.74 bits per heavy atom. The van der Waals surface area contributed by atoms with Crippen molar-refractivity contribution in [3.05, 3.63) is 54.3 Å². The summed E-state index contributed by atoms with van der Waals surface area (Å²) in [7, 11) is -3.86. The normalized spacial score (nSPS) is 17.9. The molecule has 0 saturated carbocycles. The number of amides is 1. The van der Waals surface area contributed by atoms with Gasteiger partial charge in [-0.2, -0.15) is 17.5 Å². The summed E-state index contributed by atoms with van der Waals surface area (Å²) in [6.45, 7) is -1.20. The lowest BCUT2D eigenvalue weighted by atomic mass is 9.99. The maximum Gasteiger partial charge on any atom is 0.422 e. The summed E-state index contributed by atoms with van der Waals surface area (Å²) >= 11 is 0. The standard InChI is InChI=1S/C20H20F4N2O4S/c21-15-3-9-18(10-4-15)31(28,29)26-11-1-2-14(12-26)19(27)25-16-5-7-17(8-6-16)30-13-20(22,23)24/h3-10,14H,1-2,11-13H2,(H,25,27). The average molecular weight is 460 g/mol. The predicted octanol–water partition coefficient (Wildman–Crippen LogP) is 3.81. The van der Waals surface area contributed by atoms with Crippen molar-refractivity contribution in [1.29, 1.82) is 0 Å². The van der Waals surface area contributed by atoms with Crippen molar-refractivity contribution in [2.45, 2.75) is 23.9 Å². The number of benzene rings is 2. The first-order valence-electron chi connectivity index (χ1n) is 9.41. The summed E-state index contributed by atoms with van der Waals surface area (Å²) in [6.07, 6.45) is -3.50. The zero-order valence-electron chi connectivity index (χ0n) is 16.2. The van der Waals surface area contributed by atoms with E-state index in [-0.39, 0.29) is 23.7 Å². The highest BCUT2D eigenvalue weighted by Crippen LogP contribution is 2.26. The second-order valence-corrected chi connectivity index (χ2v) is 9.01. The molecule has 1 fully saturated rings. The molecule has 2 aromatic rings. The van der Waals surface area contributed by atoms with E-state index in [2.05, 4.69) is 10.1 Å². The highest BCUT2D eigenvalue weighted by Gasteiger charge is 2.33. The van der Waals surface area contributed by atoms with E-state index in [0.29, 0.717) is 18.5 Å². The van der Waals surface area contributed by atoms with Gasteiger partial charge in [0.25, 0.3) is 0 Å². The van der Waals surface area contributed by atoms with Gasteiger partial charge in [0.2, 0.25) is 15.9 Å². The number of piperidine rings is 1. The van der Waals surface area contributed by atoms with Crippen LogP contribution in [0.5, 0.6) is 5.75 Å². The third kappa shape index (κ3) is 6.17. The van der Waals surface area contributed by atoms with Crippen LogP contribution in [-0.2, 0) is 14.8 Å². The van der Waals surface area contributed by atoms with E-state index in [0.717, 1.165) is 12.1 Å². The smallest absolute Gasteiger partial charge is 0.422 e. The molecule has 0 bridgehead atoms. The van der Waals surface area contributed by atoms with Gasteiger partial charge in [-0.1, -0.05) is 0 Å². The van der Waals surface area contributed by atoms with Gasteiger partial charge in [-0.05, 0) is 61.4 Å². The lowest BCUT2D eigenvalue weighted by Gasteiger charge is -2.31. The Hall–Kier alpha value is -2.66. The third-order valence-corrected chi connectivity index (χ3v) is 6.61. The molecule has 1 N–H and O–H groups in total. The molecular formula is C20H20F4N2O4S. The van der Waals surface area contributed by atoms with E-state index in [1.807, 2.05) is 0 Å². The van der Waals surface area contributed by atoms with Crippen molar-refractivity contribution < 1.29 is 35.5 Å². The van der Waals surface area contributed by atoms with Gasteiger partial charge in [0.15, 0.2) is 6.61 Å². The van der Waals surface area contributed by atoms with Crippen LogP contribution >= 0.6 is 0 Å². The van der Waals surface area contributed by atoms with Crippen molar-refractivity contribution in [3.63, 3.8) is 0 Å². The van der Waals surface area contributed by atoms with Crippen LogP contribution in [0.25, 0.3) is 0 Å². The first kappa shape index (κ1) is 23.0. The van der Waals surface area contributed by atoms with Gasteiger partial charge in [-0.3, -0.25) is 4.79 Å². The summed E-state index contributed by atoms with van der Waals surface area (Å²) in [5, 5.41) is 2.64. The van der Waals surface area contributed by atoms with Crippen LogP contribution in [0.3, 0.4) is 0 Å². The molecule has 0 aromatic heterocycles. The maximum absolute atomic E-state index is 13.1. The monoisotopic (exact) mass is 460 g/mol. The second kappa shape index (κ2) is 9.23. The number of rotatable bonds is 6. The highest BCUT2D eigenvalue weighted by molar-refractivity contribution is 7.89. The van der Waals surface area contributed by atoms with Gasteiger partial charge in [0.05, 0.1) is 10.8 Å². The molecule has 11 heteroatoms. The number of carbonyl (C=O) groups is 1. The van der Waals surface area contributed by atoms with E-state index >= 15 is 0 Å². The predicted molar refractivity (Wildman–Crippen MR) is 105 cm³/mol. The molecule has 168 valence electrons. The number of nitrogens with zero attached hydrogens (tertiary/aromatic N) is 1. The number of sulfonamides is 1. The number of carbonyl (C=O) groups excluding carboxylic acids is 1. The van der Waals surface area contributed by atoms with Crippen molar-refractivity contribution in [2.75, 3.05) is 25.0 Å². The Morgan fingerprint density at radius 1 is 1.10 bits per heavy atom. The van der Waals surface area contributed by atoms with E-state index in [1.165, 1.54) is 40.7 Å². The molecule has 1 aliphatic heterocycles. The molecule has 1 aliphatic rings. The minimum Gasteiger partial charge on any atom is -0.484 e. The Morgan fingerprint density at radius 3 is 2.35 bits per heavy atom. The van der Waals surface area contributed by atoms with Crippen molar-refractivity contribution >= 4 is 21.6 Å². The molecule has 3 rings (SSSR count). The molecule has 1 saturated heterocycles. The van der Waals surface area contributed by atoms with Gasteiger partial charge in [0, 0.05) is 18.8 Å². The molecule has 6 nitrogen and oxygen atoms in total. The topological polar surface area (TPSA) is 75.7 Å². The molecular weight excluding hydrogens is 440 g/mol. The van der Waals surface area contributed by atoms with Gasteiger partial charge in [0.1, 0.15) is 11.6 Å². The number of anilines is 1. The number of alkyl halides is 3. The number of nitrogens with one attached hydrogen (secondary N) is 1. The van der Waals surface area contributed by atoms with Crippen molar-refractivity contribution in [1.82, 2.24) is 4.31 Å². The minimum atomic E-state index is -4.45. The Labute approximate surface area is 176 Å². The molecule has 2 aromatic carbocycles. The second-order valence-electron chi connectivity index (χ2n) is 7.07. The molecule has 0 radical (unpaired) electrons. The zero-order chi connectivity index (χ0) is 22.6. The Kier molecular flexibility index (Phi) is 6.85. The number of hydrogen-bond acceptors (Lipinski definition) is 4. The van der Waals surface area contributed by atoms with E-state index in [4.69, 9.17) is 0 Å². The third-order valence-electron chi connectivity index (χ3n) is 4.73. The van der Waals surface area contributed by atoms with Crippen LogP contribution in [0.2, 0.25) is 0 Å².